The van der Waals surface area contributed by atoms with Gasteiger partial charge in [0.2, 0.25) is 5.91 Å². The first-order chi connectivity index (χ1) is 5.74. The van der Waals surface area contributed by atoms with E-state index >= 15 is 0 Å². The second-order valence-electron chi connectivity index (χ2n) is 2.39. The molecule has 2 N–H and O–H groups in total. The molecule has 0 saturated carbocycles. The molecular weight excluding hydrogens is 150 g/mol. The SMILES string of the molecule is C=C[CH]c1cccc(C(N)=O)c1. The number of nitrogens with two attached hydrogens (primary N) is 1. The molecule has 0 aromatic heterocycles. The molecule has 1 rings (SSSR count). The summed E-state index contributed by atoms with van der Waals surface area (Å²) in [6.07, 6.45) is 3.48. The smallest absolute Gasteiger partial charge is 0.248 e. The summed E-state index contributed by atoms with van der Waals surface area (Å²) in [7, 11) is 0. The Balaban J connectivity index is 2.95. The van der Waals surface area contributed by atoms with Gasteiger partial charge in [0.05, 0.1) is 0 Å². The standard InChI is InChI=1S/C10H10NO/c1-2-4-8-5-3-6-9(7-8)10(11)12/h2-7H,1H2,(H2,11,12). The van der Waals surface area contributed by atoms with Crippen LogP contribution in [-0.4, -0.2) is 5.91 Å². The van der Waals surface area contributed by atoms with Crippen LogP contribution in [0.15, 0.2) is 36.9 Å². The molecule has 1 aromatic carbocycles. The number of benzene rings is 1. The topological polar surface area (TPSA) is 43.1 Å². The summed E-state index contributed by atoms with van der Waals surface area (Å²) in [6, 6.07) is 7.08. The zero-order valence-corrected chi connectivity index (χ0v) is 6.66. The summed E-state index contributed by atoms with van der Waals surface area (Å²) in [5, 5.41) is 0. The largest absolute Gasteiger partial charge is 0.366 e. The van der Waals surface area contributed by atoms with Crippen LogP contribution in [0.4, 0.5) is 0 Å². The van der Waals surface area contributed by atoms with Crippen LogP contribution in [-0.2, 0) is 0 Å². The lowest BCUT2D eigenvalue weighted by Crippen LogP contribution is -2.10. The van der Waals surface area contributed by atoms with E-state index in [1.165, 1.54) is 0 Å². The van der Waals surface area contributed by atoms with E-state index in [9.17, 15) is 4.79 Å². The first kappa shape index (κ1) is 8.53. The summed E-state index contributed by atoms with van der Waals surface area (Å²) in [5.41, 5.74) is 6.55. The predicted octanol–water partition coefficient (Wildman–Crippen LogP) is 1.52. The Morgan fingerprint density at radius 3 is 2.83 bits per heavy atom. The molecule has 2 heteroatoms. The van der Waals surface area contributed by atoms with Crippen LogP contribution < -0.4 is 5.73 Å². The number of amides is 1. The molecule has 0 atom stereocenters. The molecule has 0 aliphatic carbocycles. The fraction of sp³-hybridized carbons (Fsp3) is 0. The highest BCUT2D eigenvalue weighted by Gasteiger charge is 1.99. The minimum atomic E-state index is -0.408. The van der Waals surface area contributed by atoms with E-state index in [1.807, 2.05) is 12.5 Å². The average molecular weight is 160 g/mol. The molecule has 0 spiro atoms. The van der Waals surface area contributed by atoms with Crippen LogP contribution in [0.1, 0.15) is 15.9 Å². The van der Waals surface area contributed by atoms with Gasteiger partial charge in [-0.2, -0.15) is 0 Å². The predicted molar refractivity (Wildman–Crippen MR) is 48.6 cm³/mol. The number of rotatable bonds is 3. The van der Waals surface area contributed by atoms with Crippen molar-refractivity contribution in [3.63, 3.8) is 0 Å². The Bertz CT molecular complexity index is 304. The molecule has 0 fully saturated rings. The monoisotopic (exact) mass is 160 g/mol. The lowest BCUT2D eigenvalue weighted by atomic mass is 10.1. The van der Waals surface area contributed by atoms with Crippen molar-refractivity contribution in [1.82, 2.24) is 0 Å². The van der Waals surface area contributed by atoms with E-state index in [-0.39, 0.29) is 0 Å². The molecule has 0 bridgehead atoms. The summed E-state index contributed by atoms with van der Waals surface area (Å²) >= 11 is 0. The van der Waals surface area contributed by atoms with Gasteiger partial charge in [0.1, 0.15) is 0 Å². The van der Waals surface area contributed by atoms with Gasteiger partial charge in [-0.15, -0.1) is 6.58 Å². The van der Waals surface area contributed by atoms with E-state index < -0.39 is 5.91 Å². The van der Waals surface area contributed by atoms with Crippen LogP contribution in [0.25, 0.3) is 0 Å². The molecule has 12 heavy (non-hydrogen) atoms. The maximum atomic E-state index is 10.7. The molecule has 0 aliphatic heterocycles. The van der Waals surface area contributed by atoms with Gasteiger partial charge in [-0.05, 0) is 17.7 Å². The molecule has 1 aromatic rings. The summed E-state index contributed by atoms with van der Waals surface area (Å²) in [5.74, 6) is -0.408. The second kappa shape index (κ2) is 3.72. The van der Waals surface area contributed by atoms with Gasteiger partial charge in [0, 0.05) is 12.0 Å². The maximum Gasteiger partial charge on any atom is 0.248 e. The van der Waals surface area contributed by atoms with Crippen molar-refractivity contribution in [2.75, 3.05) is 0 Å². The van der Waals surface area contributed by atoms with Gasteiger partial charge in [0.15, 0.2) is 0 Å². The average Bonchev–Trinajstić information content (AvgIpc) is 2.05. The van der Waals surface area contributed by atoms with Gasteiger partial charge >= 0.3 is 0 Å². The molecule has 61 valence electrons. The Hall–Kier alpha value is -1.57. The van der Waals surface area contributed by atoms with Gasteiger partial charge in [-0.25, -0.2) is 0 Å². The van der Waals surface area contributed by atoms with Crippen molar-refractivity contribution in [2.45, 2.75) is 0 Å². The number of allylic oxidation sites excluding steroid dienone is 1. The zero-order chi connectivity index (χ0) is 8.97. The molecular formula is C10H10NO. The minimum Gasteiger partial charge on any atom is -0.366 e. The number of carbonyl (C=O) groups is 1. The normalized spacial score (nSPS) is 9.33. The van der Waals surface area contributed by atoms with Gasteiger partial charge in [-0.3, -0.25) is 4.79 Å². The Morgan fingerprint density at radius 2 is 2.25 bits per heavy atom. The first-order valence-electron chi connectivity index (χ1n) is 3.59. The quantitative estimate of drug-likeness (QED) is 0.715. The number of hydrogen-bond acceptors (Lipinski definition) is 1. The lowest BCUT2D eigenvalue weighted by molar-refractivity contribution is 0.100. The highest BCUT2D eigenvalue weighted by Crippen LogP contribution is 2.06. The highest BCUT2D eigenvalue weighted by molar-refractivity contribution is 5.92. The van der Waals surface area contributed by atoms with Gasteiger partial charge in [0.25, 0.3) is 0 Å². The van der Waals surface area contributed by atoms with Crippen molar-refractivity contribution in [1.29, 1.82) is 0 Å². The Morgan fingerprint density at radius 1 is 1.50 bits per heavy atom. The van der Waals surface area contributed by atoms with Crippen LogP contribution >= 0.6 is 0 Å². The fourth-order valence-electron chi connectivity index (χ4n) is 0.932. The lowest BCUT2D eigenvalue weighted by Gasteiger charge is -1.98. The molecule has 0 unspecified atom stereocenters. The molecule has 0 aliphatic rings. The van der Waals surface area contributed by atoms with Crippen LogP contribution in [0.2, 0.25) is 0 Å². The molecule has 0 heterocycles. The second-order valence-corrected chi connectivity index (χ2v) is 2.39. The summed E-state index contributed by atoms with van der Waals surface area (Å²) in [4.78, 5) is 10.7. The van der Waals surface area contributed by atoms with E-state index in [1.54, 1.807) is 24.3 Å². The van der Waals surface area contributed by atoms with Gasteiger partial charge < -0.3 is 5.73 Å². The number of primary amides is 1. The third-order valence-electron chi connectivity index (χ3n) is 1.48. The molecule has 0 saturated heterocycles. The molecule has 1 amide bonds. The zero-order valence-electron chi connectivity index (χ0n) is 6.66. The van der Waals surface area contributed by atoms with E-state index in [0.717, 1.165) is 5.56 Å². The van der Waals surface area contributed by atoms with Crippen LogP contribution in [0, 0.1) is 6.42 Å². The van der Waals surface area contributed by atoms with E-state index in [4.69, 9.17) is 5.73 Å². The highest BCUT2D eigenvalue weighted by atomic mass is 16.1. The van der Waals surface area contributed by atoms with E-state index in [0.29, 0.717) is 5.56 Å². The third-order valence-corrected chi connectivity index (χ3v) is 1.48. The number of carbonyl (C=O) groups excluding carboxylic acids is 1. The fourth-order valence-corrected chi connectivity index (χ4v) is 0.932. The molecule has 1 radical (unpaired) electrons. The van der Waals surface area contributed by atoms with Crippen molar-refractivity contribution >= 4 is 5.91 Å². The first-order valence-corrected chi connectivity index (χ1v) is 3.59. The van der Waals surface area contributed by atoms with Crippen molar-refractivity contribution in [3.05, 3.63) is 54.5 Å². The Labute approximate surface area is 71.7 Å². The van der Waals surface area contributed by atoms with Gasteiger partial charge in [-0.1, -0.05) is 18.2 Å². The van der Waals surface area contributed by atoms with Crippen LogP contribution in [0.5, 0.6) is 0 Å². The van der Waals surface area contributed by atoms with Crippen molar-refractivity contribution in [2.24, 2.45) is 5.73 Å². The van der Waals surface area contributed by atoms with Crippen molar-refractivity contribution in [3.8, 4) is 0 Å². The van der Waals surface area contributed by atoms with E-state index in [2.05, 4.69) is 6.58 Å². The Kier molecular flexibility index (Phi) is 2.64. The summed E-state index contributed by atoms with van der Waals surface area (Å²) < 4.78 is 0. The maximum absolute atomic E-state index is 10.7. The molecule has 2 nitrogen and oxygen atoms in total. The van der Waals surface area contributed by atoms with Crippen molar-refractivity contribution < 1.29 is 4.79 Å². The third kappa shape index (κ3) is 1.95. The van der Waals surface area contributed by atoms with Crippen LogP contribution in [0.3, 0.4) is 0 Å². The number of hydrogen-bond donors (Lipinski definition) is 1. The minimum absolute atomic E-state index is 0.408. The summed E-state index contributed by atoms with van der Waals surface area (Å²) in [6.45, 7) is 3.56.